The molecule has 0 rings (SSSR count). The lowest BCUT2D eigenvalue weighted by molar-refractivity contribution is 0.586. The molecule has 0 saturated heterocycles. The van der Waals surface area contributed by atoms with Crippen molar-refractivity contribution in [2.24, 2.45) is 5.14 Å². The van der Waals surface area contributed by atoms with Crippen molar-refractivity contribution >= 4 is 26.1 Å². The molecule has 0 atom stereocenters. The fraction of sp³-hybridized carbons (Fsp3) is 1.00. The standard InChI is InChI=1S/C2H7BrN2O2S/c3-1-2-5-8(4,6)7/h5H,1-2H2,(H2,4,6,7). The molecule has 0 aliphatic heterocycles. The van der Waals surface area contributed by atoms with Crippen LogP contribution in [0.15, 0.2) is 0 Å². The summed E-state index contributed by atoms with van der Waals surface area (Å²) in [6, 6.07) is 0. The van der Waals surface area contributed by atoms with Crippen LogP contribution in [0.2, 0.25) is 0 Å². The van der Waals surface area contributed by atoms with Crippen LogP contribution in [0.5, 0.6) is 0 Å². The number of rotatable bonds is 3. The van der Waals surface area contributed by atoms with Crippen LogP contribution in [0, 0.1) is 0 Å². The highest BCUT2D eigenvalue weighted by Gasteiger charge is 1.95. The van der Waals surface area contributed by atoms with Crippen LogP contribution >= 0.6 is 15.9 Å². The summed E-state index contributed by atoms with van der Waals surface area (Å²) in [6.07, 6.45) is 0. The van der Waals surface area contributed by atoms with Gasteiger partial charge in [-0.05, 0) is 0 Å². The number of hydrogen-bond acceptors (Lipinski definition) is 2. The molecule has 0 bridgehead atoms. The molecule has 0 unspecified atom stereocenters. The minimum Gasteiger partial charge on any atom is -0.216 e. The topological polar surface area (TPSA) is 72.2 Å². The Morgan fingerprint density at radius 1 is 1.62 bits per heavy atom. The van der Waals surface area contributed by atoms with Gasteiger partial charge in [0.25, 0.3) is 10.2 Å². The summed E-state index contributed by atoms with van der Waals surface area (Å²) in [5.41, 5.74) is 0. The molecule has 8 heavy (non-hydrogen) atoms. The molecule has 0 fully saturated rings. The summed E-state index contributed by atoms with van der Waals surface area (Å²) in [6.45, 7) is 0.332. The lowest BCUT2D eigenvalue weighted by Crippen LogP contribution is -2.31. The lowest BCUT2D eigenvalue weighted by Gasteiger charge is -1.94. The van der Waals surface area contributed by atoms with Crippen molar-refractivity contribution < 1.29 is 8.42 Å². The van der Waals surface area contributed by atoms with Crippen molar-refractivity contribution in [2.75, 3.05) is 11.9 Å². The van der Waals surface area contributed by atoms with Crippen LogP contribution in [-0.4, -0.2) is 20.3 Å². The largest absolute Gasteiger partial charge is 0.274 e. The molecule has 4 nitrogen and oxygen atoms in total. The second-order valence-electron chi connectivity index (χ2n) is 1.13. The van der Waals surface area contributed by atoms with Crippen molar-refractivity contribution in [3.05, 3.63) is 0 Å². The van der Waals surface area contributed by atoms with E-state index in [1.165, 1.54) is 0 Å². The van der Waals surface area contributed by atoms with E-state index < -0.39 is 10.2 Å². The zero-order valence-electron chi connectivity index (χ0n) is 4.09. The van der Waals surface area contributed by atoms with Gasteiger partial charge in [0.15, 0.2) is 0 Å². The molecule has 0 aromatic heterocycles. The second kappa shape index (κ2) is 3.39. The lowest BCUT2D eigenvalue weighted by atomic mass is 10.8. The minimum atomic E-state index is -3.47. The summed E-state index contributed by atoms with van der Waals surface area (Å²) >= 11 is 3.02. The SMILES string of the molecule is NS(=O)(=O)NCCBr. The maximum absolute atomic E-state index is 10.0. The van der Waals surface area contributed by atoms with E-state index in [-0.39, 0.29) is 0 Å². The number of alkyl halides is 1. The fourth-order valence-electron chi connectivity index (χ4n) is 0.181. The molecule has 0 aliphatic rings. The molecule has 0 amide bonds. The predicted molar refractivity (Wildman–Crippen MR) is 34.9 cm³/mol. The normalized spacial score (nSPS) is 11.8. The monoisotopic (exact) mass is 202 g/mol. The summed E-state index contributed by atoms with van der Waals surface area (Å²) in [4.78, 5) is 0. The zero-order chi connectivity index (χ0) is 6.62. The maximum Gasteiger partial charge on any atom is 0.274 e. The third-order valence-electron chi connectivity index (χ3n) is 0.398. The molecule has 0 spiro atoms. The molecule has 0 heterocycles. The van der Waals surface area contributed by atoms with E-state index in [0.717, 1.165) is 0 Å². The zero-order valence-corrected chi connectivity index (χ0v) is 6.50. The van der Waals surface area contributed by atoms with Gasteiger partial charge in [0, 0.05) is 11.9 Å². The summed E-state index contributed by atoms with van der Waals surface area (Å²) in [5.74, 6) is 0. The molecular weight excluding hydrogens is 196 g/mol. The van der Waals surface area contributed by atoms with E-state index in [0.29, 0.717) is 11.9 Å². The van der Waals surface area contributed by atoms with Gasteiger partial charge in [-0.3, -0.25) is 0 Å². The number of hydrogen-bond donors (Lipinski definition) is 2. The molecule has 0 radical (unpaired) electrons. The van der Waals surface area contributed by atoms with Crippen molar-refractivity contribution in [3.8, 4) is 0 Å². The molecule has 50 valence electrons. The van der Waals surface area contributed by atoms with Gasteiger partial charge >= 0.3 is 0 Å². The van der Waals surface area contributed by atoms with Gasteiger partial charge in [0.2, 0.25) is 0 Å². The highest BCUT2D eigenvalue weighted by Crippen LogP contribution is 1.75. The van der Waals surface area contributed by atoms with Crippen molar-refractivity contribution in [1.82, 2.24) is 4.72 Å². The number of nitrogens with two attached hydrogens (primary N) is 1. The smallest absolute Gasteiger partial charge is 0.216 e. The van der Waals surface area contributed by atoms with Crippen molar-refractivity contribution in [1.29, 1.82) is 0 Å². The first-order valence-corrected chi connectivity index (χ1v) is 4.56. The van der Waals surface area contributed by atoms with Gasteiger partial charge in [-0.15, -0.1) is 0 Å². The second-order valence-corrected chi connectivity index (χ2v) is 3.30. The Balaban J connectivity index is 3.42. The van der Waals surface area contributed by atoms with Gasteiger partial charge < -0.3 is 0 Å². The van der Waals surface area contributed by atoms with E-state index in [4.69, 9.17) is 0 Å². The number of nitrogens with one attached hydrogen (secondary N) is 1. The first-order chi connectivity index (χ1) is 3.56. The Bertz CT molecular complexity index is 142. The van der Waals surface area contributed by atoms with Crippen LogP contribution in [0.4, 0.5) is 0 Å². The minimum absolute atomic E-state index is 0.332. The molecule has 0 aromatic carbocycles. The van der Waals surface area contributed by atoms with Crippen molar-refractivity contribution in [3.63, 3.8) is 0 Å². The molecule has 3 N–H and O–H groups in total. The van der Waals surface area contributed by atoms with E-state index >= 15 is 0 Å². The van der Waals surface area contributed by atoms with Crippen LogP contribution in [0.1, 0.15) is 0 Å². The average Bonchev–Trinajstić information content (AvgIpc) is 1.59. The Morgan fingerprint density at radius 2 is 2.12 bits per heavy atom. The van der Waals surface area contributed by atoms with Crippen LogP contribution in [0.25, 0.3) is 0 Å². The van der Waals surface area contributed by atoms with Gasteiger partial charge in [-0.25, -0.2) is 9.86 Å². The highest BCUT2D eigenvalue weighted by atomic mass is 79.9. The average molecular weight is 203 g/mol. The molecular formula is C2H7BrN2O2S. The van der Waals surface area contributed by atoms with Gasteiger partial charge in [-0.2, -0.15) is 8.42 Å². The molecule has 0 saturated carbocycles. The fourth-order valence-corrected chi connectivity index (χ4v) is 1.03. The van der Waals surface area contributed by atoms with Crippen LogP contribution < -0.4 is 9.86 Å². The summed E-state index contributed by atoms with van der Waals surface area (Å²) in [5, 5.41) is 5.13. The van der Waals surface area contributed by atoms with Gasteiger partial charge in [0.05, 0.1) is 0 Å². The van der Waals surface area contributed by atoms with E-state index in [9.17, 15) is 8.42 Å². The molecule has 6 heteroatoms. The van der Waals surface area contributed by atoms with E-state index in [2.05, 4.69) is 25.8 Å². The van der Waals surface area contributed by atoms with Gasteiger partial charge in [0.1, 0.15) is 0 Å². The third-order valence-corrected chi connectivity index (χ3v) is 1.40. The molecule has 0 aromatic rings. The predicted octanol–water partition coefficient (Wildman–Crippen LogP) is -0.826. The Morgan fingerprint density at radius 3 is 2.25 bits per heavy atom. The quantitative estimate of drug-likeness (QED) is 0.588. The van der Waals surface area contributed by atoms with Crippen molar-refractivity contribution in [2.45, 2.75) is 0 Å². The van der Waals surface area contributed by atoms with Crippen LogP contribution in [-0.2, 0) is 10.2 Å². The first-order valence-electron chi connectivity index (χ1n) is 1.89. The molecule has 0 aliphatic carbocycles. The third kappa shape index (κ3) is 6.35. The summed E-state index contributed by atoms with van der Waals surface area (Å²) in [7, 11) is -3.47. The number of halogens is 1. The Kier molecular flexibility index (Phi) is 3.54. The maximum atomic E-state index is 10.0. The summed E-state index contributed by atoms with van der Waals surface area (Å²) < 4.78 is 22.1. The Labute approximate surface area is 56.8 Å². The van der Waals surface area contributed by atoms with Gasteiger partial charge in [-0.1, -0.05) is 15.9 Å². The van der Waals surface area contributed by atoms with E-state index in [1.807, 2.05) is 0 Å². The first kappa shape index (κ1) is 8.35. The highest BCUT2D eigenvalue weighted by molar-refractivity contribution is 9.09. The van der Waals surface area contributed by atoms with E-state index in [1.54, 1.807) is 0 Å². The van der Waals surface area contributed by atoms with Crippen LogP contribution in [0.3, 0.4) is 0 Å². The Hall–Kier alpha value is 0.350.